The van der Waals surface area contributed by atoms with E-state index in [4.69, 9.17) is 4.74 Å². The van der Waals surface area contributed by atoms with Crippen molar-refractivity contribution in [2.24, 2.45) is 0 Å². The quantitative estimate of drug-likeness (QED) is 0.684. The molecule has 8 nitrogen and oxygen atoms in total. The molecule has 0 N–H and O–H groups in total. The number of fused-ring (bicyclic) bond motifs is 1. The molecule has 0 aromatic heterocycles. The van der Waals surface area contributed by atoms with Crippen molar-refractivity contribution in [3.8, 4) is 0 Å². The van der Waals surface area contributed by atoms with E-state index in [1.54, 1.807) is 30.0 Å². The number of benzene rings is 1. The summed E-state index contributed by atoms with van der Waals surface area (Å²) in [5.74, 6) is -1.25. The lowest BCUT2D eigenvalue weighted by Gasteiger charge is -2.34. The predicted molar refractivity (Wildman–Crippen MR) is 94.7 cm³/mol. The van der Waals surface area contributed by atoms with Crippen molar-refractivity contribution in [1.29, 1.82) is 0 Å². The number of ether oxygens (including phenoxy) is 1. The van der Waals surface area contributed by atoms with E-state index in [0.717, 1.165) is 4.90 Å². The largest absolute Gasteiger partial charge is 0.450 e. The van der Waals surface area contributed by atoms with Crippen LogP contribution >= 0.6 is 15.9 Å². The van der Waals surface area contributed by atoms with Gasteiger partial charge in [-0.2, -0.15) is 0 Å². The summed E-state index contributed by atoms with van der Waals surface area (Å²) in [6.45, 7) is 3.13. The van der Waals surface area contributed by atoms with Gasteiger partial charge in [-0.1, -0.05) is 15.9 Å². The molecule has 1 aromatic carbocycles. The van der Waals surface area contributed by atoms with Gasteiger partial charge in [0.1, 0.15) is 6.54 Å². The van der Waals surface area contributed by atoms with Gasteiger partial charge in [0.2, 0.25) is 5.91 Å². The predicted octanol–water partition coefficient (Wildman–Crippen LogP) is 1.35. The van der Waals surface area contributed by atoms with Crippen molar-refractivity contribution < 1.29 is 23.9 Å². The standard InChI is InChI=1S/C17H18BrN3O5/c1-2-26-17(25)20-7-5-19(6-8-20)14(22)10-21-15(23)12-4-3-11(18)9-13(12)16(21)24/h3-4,9H,2,5-8,10H2,1H3. The fourth-order valence-corrected chi connectivity index (χ4v) is 3.36. The number of hydrogen-bond donors (Lipinski definition) is 0. The van der Waals surface area contributed by atoms with Crippen LogP contribution in [0.5, 0.6) is 0 Å². The molecule has 9 heteroatoms. The van der Waals surface area contributed by atoms with E-state index in [2.05, 4.69) is 15.9 Å². The Morgan fingerprint density at radius 3 is 2.31 bits per heavy atom. The second kappa shape index (κ2) is 7.45. The van der Waals surface area contributed by atoms with Gasteiger partial charge in [0.25, 0.3) is 11.8 Å². The molecule has 3 rings (SSSR count). The Labute approximate surface area is 158 Å². The maximum Gasteiger partial charge on any atom is 0.409 e. The summed E-state index contributed by atoms with van der Waals surface area (Å²) < 4.78 is 5.64. The Bertz CT molecular complexity index is 774. The van der Waals surface area contributed by atoms with Crippen molar-refractivity contribution >= 4 is 39.7 Å². The highest BCUT2D eigenvalue weighted by molar-refractivity contribution is 9.10. The fraction of sp³-hybridized carbons (Fsp3) is 0.412. The second-order valence-electron chi connectivity index (χ2n) is 5.95. The molecule has 0 saturated carbocycles. The van der Waals surface area contributed by atoms with E-state index in [9.17, 15) is 19.2 Å². The Kier molecular flexibility index (Phi) is 5.26. The van der Waals surface area contributed by atoms with E-state index in [1.807, 2.05) is 0 Å². The van der Waals surface area contributed by atoms with Gasteiger partial charge >= 0.3 is 6.09 Å². The van der Waals surface area contributed by atoms with Crippen molar-refractivity contribution in [2.45, 2.75) is 6.92 Å². The Hall–Kier alpha value is -2.42. The number of hydrogen-bond acceptors (Lipinski definition) is 5. The van der Waals surface area contributed by atoms with E-state index >= 15 is 0 Å². The summed E-state index contributed by atoms with van der Waals surface area (Å²) in [5, 5.41) is 0. The summed E-state index contributed by atoms with van der Waals surface area (Å²) in [4.78, 5) is 53.1. The van der Waals surface area contributed by atoms with Crippen LogP contribution in [0, 0.1) is 0 Å². The Balaban J connectivity index is 1.60. The van der Waals surface area contributed by atoms with Crippen LogP contribution in [-0.2, 0) is 9.53 Å². The molecular formula is C17H18BrN3O5. The zero-order valence-electron chi connectivity index (χ0n) is 14.2. The third kappa shape index (κ3) is 3.44. The van der Waals surface area contributed by atoms with Crippen LogP contribution in [0.3, 0.4) is 0 Å². The molecule has 1 fully saturated rings. The molecule has 138 valence electrons. The van der Waals surface area contributed by atoms with Crippen molar-refractivity contribution in [3.05, 3.63) is 33.8 Å². The first kappa shape index (κ1) is 18.4. The van der Waals surface area contributed by atoms with Gasteiger partial charge in [0.05, 0.1) is 17.7 Å². The van der Waals surface area contributed by atoms with Crippen molar-refractivity contribution in [1.82, 2.24) is 14.7 Å². The molecule has 2 heterocycles. The van der Waals surface area contributed by atoms with Crippen LogP contribution in [0.25, 0.3) is 0 Å². The summed E-state index contributed by atoms with van der Waals surface area (Å²) >= 11 is 3.27. The van der Waals surface area contributed by atoms with Gasteiger partial charge in [-0.25, -0.2) is 4.79 Å². The molecule has 0 spiro atoms. The highest BCUT2D eigenvalue weighted by Crippen LogP contribution is 2.26. The van der Waals surface area contributed by atoms with E-state index in [-0.39, 0.29) is 12.5 Å². The van der Waals surface area contributed by atoms with Gasteiger partial charge in [-0.3, -0.25) is 19.3 Å². The molecular weight excluding hydrogens is 406 g/mol. The first-order chi connectivity index (χ1) is 12.4. The van der Waals surface area contributed by atoms with Gasteiger partial charge in [0, 0.05) is 30.7 Å². The summed E-state index contributed by atoms with van der Waals surface area (Å²) in [6.07, 6.45) is -0.398. The number of piperazine rings is 1. The van der Waals surface area contributed by atoms with Crippen LogP contribution in [0.1, 0.15) is 27.6 Å². The first-order valence-electron chi connectivity index (χ1n) is 8.27. The number of carbonyl (C=O) groups is 4. The number of halogens is 1. The van der Waals surface area contributed by atoms with Crippen LogP contribution in [0.4, 0.5) is 4.79 Å². The lowest BCUT2D eigenvalue weighted by molar-refractivity contribution is -0.133. The topological polar surface area (TPSA) is 87.2 Å². The molecule has 0 bridgehead atoms. The normalized spacial score (nSPS) is 16.8. The van der Waals surface area contributed by atoms with Gasteiger partial charge in [0.15, 0.2) is 0 Å². The summed E-state index contributed by atoms with van der Waals surface area (Å²) in [6, 6.07) is 4.84. The molecule has 2 aliphatic rings. The van der Waals surface area contributed by atoms with Gasteiger partial charge in [-0.15, -0.1) is 0 Å². The molecule has 26 heavy (non-hydrogen) atoms. The van der Waals surface area contributed by atoms with Crippen LogP contribution in [-0.4, -0.2) is 77.8 Å². The first-order valence-corrected chi connectivity index (χ1v) is 9.07. The number of carbonyl (C=O) groups excluding carboxylic acids is 4. The second-order valence-corrected chi connectivity index (χ2v) is 6.87. The third-order valence-electron chi connectivity index (χ3n) is 4.38. The highest BCUT2D eigenvalue weighted by atomic mass is 79.9. The van der Waals surface area contributed by atoms with Crippen LogP contribution < -0.4 is 0 Å². The average Bonchev–Trinajstić information content (AvgIpc) is 2.86. The minimum Gasteiger partial charge on any atom is -0.450 e. The fourth-order valence-electron chi connectivity index (χ4n) is 2.99. The van der Waals surface area contributed by atoms with Crippen LogP contribution in [0.2, 0.25) is 0 Å². The number of amides is 4. The number of imide groups is 1. The van der Waals surface area contributed by atoms with Crippen LogP contribution in [0.15, 0.2) is 22.7 Å². The average molecular weight is 424 g/mol. The zero-order chi connectivity index (χ0) is 18.8. The molecule has 4 amide bonds. The molecule has 0 unspecified atom stereocenters. The van der Waals surface area contributed by atoms with Gasteiger partial charge in [-0.05, 0) is 25.1 Å². The number of nitrogens with zero attached hydrogens (tertiary/aromatic N) is 3. The zero-order valence-corrected chi connectivity index (χ0v) is 15.8. The van der Waals surface area contributed by atoms with Crippen molar-refractivity contribution in [3.63, 3.8) is 0 Å². The summed E-state index contributed by atoms with van der Waals surface area (Å²) in [7, 11) is 0. The minimum absolute atomic E-state index is 0.296. The molecule has 1 saturated heterocycles. The summed E-state index contributed by atoms with van der Waals surface area (Å²) in [5.41, 5.74) is 0.599. The van der Waals surface area contributed by atoms with E-state index in [1.165, 1.54) is 4.90 Å². The lowest BCUT2D eigenvalue weighted by Crippen LogP contribution is -2.53. The maximum atomic E-state index is 12.5. The smallest absolute Gasteiger partial charge is 0.409 e. The van der Waals surface area contributed by atoms with E-state index in [0.29, 0.717) is 48.4 Å². The SMILES string of the molecule is CCOC(=O)N1CCN(C(=O)CN2C(=O)c3ccc(Br)cc3C2=O)CC1. The molecule has 0 radical (unpaired) electrons. The third-order valence-corrected chi connectivity index (χ3v) is 4.88. The van der Waals surface area contributed by atoms with Crippen molar-refractivity contribution in [2.75, 3.05) is 39.3 Å². The maximum absolute atomic E-state index is 12.5. The monoisotopic (exact) mass is 423 g/mol. The molecule has 2 aliphatic heterocycles. The molecule has 0 aliphatic carbocycles. The highest BCUT2D eigenvalue weighted by Gasteiger charge is 2.38. The molecule has 0 atom stereocenters. The van der Waals surface area contributed by atoms with Gasteiger partial charge < -0.3 is 14.5 Å². The lowest BCUT2D eigenvalue weighted by atomic mass is 10.1. The Morgan fingerprint density at radius 2 is 1.65 bits per heavy atom. The molecule has 1 aromatic rings. The van der Waals surface area contributed by atoms with E-state index < -0.39 is 17.9 Å². The number of rotatable bonds is 3. The minimum atomic E-state index is -0.468. The Morgan fingerprint density at radius 1 is 1.04 bits per heavy atom.